The number of benzene rings is 1. The monoisotopic (exact) mass is 427 g/mol. The molecule has 0 bridgehead atoms. The normalized spacial score (nSPS) is 14.6. The first kappa shape index (κ1) is 23.0. The Kier molecular flexibility index (Phi) is 7.88. The fourth-order valence-corrected chi connectivity index (χ4v) is 4.35. The van der Waals surface area contributed by atoms with Crippen LogP contribution in [0.25, 0.3) is 0 Å². The molecule has 31 heavy (non-hydrogen) atoms. The van der Waals surface area contributed by atoms with Crippen molar-refractivity contribution >= 4 is 11.8 Å². The molecule has 3 rings (SSSR count). The van der Waals surface area contributed by atoms with Crippen LogP contribution in [0.3, 0.4) is 0 Å². The summed E-state index contributed by atoms with van der Waals surface area (Å²) < 4.78 is 16.4. The molecule has 1 aromatic carbocycles. The van der Waals surface area contributed by atoms with Gasteiger partial charge in [-0.2, -0.15) is 0 Å². The van der Waals surface area contributed by atoms with Gasteiger partial charge in [-0.1, -0.05) is 45.2 Å². The summed E-state index contributed by atoms with van der Waals surface area (Å²) >= 11 is 0. The number of nitrogens with zero attached hydrogens (tertiary/aromatic N) is 3. The molecule has 1 fully saturated rings. The van der Waals surface area contributed by atoms with E-state index in [0.29, 0.717) is 19.0 Å². The molecule has 0 N–H and O–H groups in total. The second-order valence-corrected chi connectivity index (χ2v) is 8.98. The van der Waals surface area contributed by atoms with Crippen LogP contribution in [0.2, 0.25) is 0 Å². The maximum atomic E-state index is 14.4. The van der Waals surface area contributed by atoms with Crippen LogP contribution in [0.5, 0.6) is 0 Å². The number of amides is 2. The van der Waals surface area contributed by atoms with E-state index in [2.05, 4.69) is 13.8 Å². The summed E-state index contributed by atoms with van der Waals surface area (Å²) in [5, 5.41) is 0. The molecule has 1 aromatic heterocycles. The van der Waals surface area contributed by atoms with Gasteiger partial charge in [-0.25, -0.2) is 4.39 Å². The first-order chi connectivity index (χ1) is 14.9. The number of aryl methyl sites for hydroxylation is 1. The van der Waals surface area contributed by atoms with Crippen molar-refractivity contribution in [2.24, 2.45) is 13.0 Å². The summed E-state index contributed by atoms with van der Waals surface area (Å²) in [4.78, 5) is 30.2. The van der Waals surface area contributed by atoms with E-state index in [-0.39, 0.29) is 30.0 Å². The van der Waals surface area contributed by atoms with Crippen molar-refractivity contribution in [3.8, 4) is 0 Å². The van der Waals surface area contributed by atoms with E-state index in [1.165, 1.54) is 12.1 Å². The third-order valence-corrected chi connectivity index (χ3v) is 6.03. The Hall–Kier alpha value is -2.63. The number of rotatable bonds is 8. The Morgan fingerprint density at radius 2 is 1.81 bits per heavy atom. The van der Waals surface area contributed by atoms with E-state index in [4.69, 9.17) is 0 Å². The van der Waals surface area contributed by atoms with Crippen LogP contribution in [0.15, 0.2) is 42.6 Å². The van der Waals surface area contributed by atoms with Gasteiger partial charge in [0.2, 0.25) is 5.91 Å². The third-order valence-electron chi connectivity index (χ3n) is 6.03. The summed E-state index contributed by atoms with van der Waals surface area (Å²) in [5.74, 6) is -0.718. The zero-order valence-corrected chi connectivity index (χ0v) is 18.9. The highest BCUT2D eigenvalue weighted by molar-refractivity contribution is 5.97. The van der Waals surface area contributed by atoms with Gasteiger partial charge in [-0.3, -0.25) is 9.59 Å². The average molecular weight is 428 g/mol. The molecule has 1 aliphatic carbocycles. The Balaban J connectivity index is 1.83. The molecule has 0 radical (unpaired) electrons. The summed E-state index contributed by atoms with van der Waals surface area (Å²) in [6.07, 6.45) is 6.87. The van der Waals surface area contributed by atoms with E-state index >= 15 is 0 Å². The fourth-order valence-electron chi connectivity index (χ4n) is 4.35. The SMILES string of the molecule is CC(C)CN(Cc1cccn1C)C(=O)CN(C(=O)c1ccccc1F)C1CCCCC1. The Labute approximate surface area is 184 Å². The van der Waals surface area contributed by atoms with Gasteiger partial charge >= 0.3 is 0 Å². The molecule has 6 heteroatoms. The molecule has 0 saturated heterocycles. The molecule has 1 heterocycles. The summed E-state index contributed by atoms with van der Waals surface area (Å²) in [6, 6.07) is 9.99. The van der Waals surface area contributed by atoms with Crippen molar-refractivity contribution < 1.29 is 14.0 Å². The zero-order chi connectivity index (χ0) is 22.4. The third kappa shape index (κ3) is 5.96. The predicted molar refractivity (Wildman–Crippen MR) is 120 cm³/mol. The lowest BCUT2D eigenvalue weighted by molar-refractivity contribution is -0.133. The lowest BCUT2D eigenvalue weighted by Gasteiger charge is -2.36. The van der Waals surface area contributed by atoms with Crippen LogP contribution in [0, 0.1) is 11.7 Å². The summed E-state index contributed by atoms with van der Waals surface area (Å²) in [6.45, 7) is 5.24. The predicted octanol–water partition coefficient (Wildman–Crippen LogP) is 4.62. The van der Waals surface area contributed by atoms with Gasteiger partial charge in [0.05, 0.1) is 12.1 Å². The van der Waals surface area contributed by atoms with Gasteiger partial charge in [-0.15, -0.1) is 0 Å². The maximum absolute atomic E-state index is 14.4. The minimum Gasteiger partial charge on any atom is -0.353 e. The van der Waals surface area contributed by atoms with E-state index in [1.807, 2.05) is 34.8 Å². The van der Waals surface area contributed by atoms with E-state index in [9.17, 15) is 14.0 Å². The lowest BCUT2D eigenvalue weighted by Crippen LogP contribution is -2.49. The summed E-state index contributed by atoms with van der Waals surface area (Å²) in [7, 11) is 1.96. The van der Waals surface area contributed by atoms with E-state index < -0.39 is 5.82 Å². The van der Waals surface area contributed by atoms with Crippen molar-refractivity contribution in [3.63, 3.8) is 0 Å². The first-order valence-corrected chi connectivity index (χ1v) is 11.3. The van der Waals surface area contributed by atoms with Crippen molar-refractivity contribution in [2.75, 3.05) is 13.1 Å². The highest BCUT2D eigenvalue weighted by Crippen LogP contribution is 2.25. The smallest absolute Gasteiger partial charge is 0.257 e. The Bertz CT molecular complexity index is 886. The molecule has 0 aliphatic heterocycles. The maximum Gasteiger partial charge on any atom is 0.257 e. The van der Waals surface area contributed by atoms with Crippen molar-refractivity contribution in [3.05, 3.63) is 59.7 Å². The number of carbonyl (C=O) groups is 2. The van der Waals surface area contributed by atoms with E-state index in [0.717, 1.165) is 37.8 Å². The number of aromatic nitrogens is 1. The second-order valence-electron chi connectivity index (χ2n) is 8.98. The molecule has 1 aliphatic rings. The van der Waals surface area contributed by atoms with Crippen molar-refractivity contribution in [2.45, 2.75) is 58.5 Å². The van der Waals surface area contributed by atoms with Crippen LogP contribution in [-0.2, 0) is 18.4 Å². The van der Waals surface area contributed by atoms with Gasteiger partial charge in [0.15, 0.2) is 0 Å². The molecular weight excluding hydrogens is 393 g/mol. The molecule has 2 aromatic rings. The number of halogens is 1. The first-order valence-electron chi connectivity index (χ1n) is 11.3. The Morgan fingerprint density at radius 3 is 2.42 bits per heavy atom. The zero-order valence-electron chi connectivity index (χ0n) is 18.9. The molecule has 168 valence electrons. The topological polar surface area (TPSA) is 45.6 Å². The molecule has 5 nitrogen and oxygen atoms in total. The largest absolute Gasteiger partial charge is 0.353 e. The molecule has 2 amide bonds. The van der Waals surface area contributed by atoms with Crippen molar-refractivity contribution in [1.29, 1.82) is 0 Å². The van der Waals surface area contributed by atoms with Gasteiger partial charge in [0.25, 0.3) is 5.91 Å². The number of carbonyl (C=O) groups excluding carboxylic acids is 2. The van der Waals surface area contributed by atoms with Crippen LogP contribution >= 0.6 is 0 Å². The second kappa shape index (κ2) is 10.6. The van der Waals surface area contributed by atoms with Gasteiger partial charge in [0, 0.05) is 31.5 Å². The average Bonchev–Trinajstić information content (AvgIpc) is 3.16. The molecule has 1 saturated carbocycles. The van der Waals surface area contributed by atoms with Gasteiger partial charge < -0.3 is 14.4 Å². The number of hydrogen-bond acceptors (Lipinski definition) is 2. The van der Waals surface area contributed by atoms with Gasteiger partial charge in [0.1, 0.15) is 12.4 Å². The number of hydrogen-bond donors (Lipinski definition) is 0. The van der Waals surface area contributed by atoms with Crippen LogP contribution in [0.4, 0.5) is 4.39 Å². The molecule has 0 atom stereocenters. The van der Waals surface area contributed by atoms with Gasteiger partial charge in [-0.05, 0) is 43.0 Å². The fraction of sp³-hybridized carbons (Fsp3) is 0.520. The van der Waals surface area contributed by atoms with Crippen LogP contribution in [-0.4, -0.2) is 45.3 Å². The van der Waals surface area contributed by atoms with E-state index in [1.54, 1.807) is 17.0 Å². The molecule has 0 unspecified atom stereocenters. The Morgan fingerprint density at radius 1 is 1.10 bits per heavy atom. The summed E-state index contributed by atoms with van der Waals surface area (Å²) in [5.41, 5.74) is 1.08. The molecule has 0 spiro atoms. The highest BCUT2D eigenvalue weighted by Gasteiger charge is 2.31. The van der Waals surface area contributed by atoms with Crippen LogP contribution < -0.4 is 0 Å². The minimum atomic E-state index is -0.538. The standard InChI is InChI=1S/C25H34FN3O2/c1-19(2)16-28(17-21-12-9-15-27(21)3)24(30)18-29(20-10-5-4-6-11-20)25(31)22-13-7-8-14-23(22)26/h7-9,12-15,19-20H,4-6,10-11,16-18H2,1-3H3. The van der Waals surface area contributed by atoms with Crippen LogP contribution in [0.1, 0.15) is 62.0 Å². The molecular formula is C25H34FN3O2. The highest BCUT2D eigenvalue weighted by atomic mass is 19.1. The quantitative estimate of drug-likeness (QED) is 0.617. The van der Waals surface area contributed by atoms with Crippen molar-refractivity contribution in [1.82, 2.24) is 14.4 Å². The lowest BCUT2D eigenvalue weighted by atomic mass is 9.93. The minimum absolute atomic E-state index is 0.0189.